The smallest absolute Gasteiger partial charge is 0.225 e. The monoisotopic (exact) mass is 285 g/mol. The van der Waals surface area contributed by atoms with Crippen molar-refractivity contribution >= 4 is 16.9 Å². The average molecular weight is 285 g/mol. The van der Waals surface area contributed by atoms with E-state index in [4.69, 9.17) is 0 Å². The predicted octanol–water partition coefficient (Wildman–Crippen LogP) is 3.04. The Morgan fingerprint density at radius 2 is 2.05 bits per heavy atom. The van der Waals surface area contributed by atoms with E-state index >= 15 is 0 Å². The zero-order chi connectivity index (χ0) is 14.9. The number of nitrogens with one attached hydrogen (secondary N) is 1. The number of carbonyl (C=O) groups excluding carboxylic acids is 1. The van der Waals surface area contributed by atoms with Crippen molar-refractivity contribution in [3.8, 4) is 0 Å². The first kappa shape index (κ1) is 14.1. The van der Waals surface area contributed by atoms with Gasteiger partial charge in [0.05, 0.1) is 11.0 Å². The molecule has 21 heavy (non-hydrogen) atoms. The van der Waals surface area contributed by atoms with Crippen LogP contribution in [-0.4, -0.2) is 22.0 Å². The molecule has 2 aromatic rings. The summed E-state index contributed by atoms with van der Waals surface area (Å²) in [5.74, 6) is 1.21. The predicted molar refractivity (Wildman–Crippen MR) is 84.1 cm³/mol. The molecule has 0 atom stereocenters. The van der Waals surface area contributed by atoms with E-state index in [2.05, 4.69) is 27.9 Å². The van der Waals surface area contributed by atoms with Crippen LogP contribution < -0.4 is 5.32 Å². The van der Waals surface area contributed by atoms with Gasteiger partial charge in [0.2, 0.25) is 5.91 Å². The highest BCUT2D eigenvalue weighted by atomic mass is 16.2. The van der Waals surface area contributed by atoms with E-state index in [-0.39, 0.29) is 11.3 Å². The van der Waals surface area contributed by atoms with Gasteiger partial charge in [-0.3, -0.25) is 4.79 Å². The highest BCUT2D eigenvalue weighted by Gasteiger charge is 2.35. The second-order valence-electron chi connectivity index (χ2n) is 6.32. The van der Waals surface area contributed by atoms with Gasteiger partial charge in [-0.1, -0.05) is 31.9 Å². The fourth-order valence-electron chi connectivity index (χ4n) is 3.36. The average Bonchev–Trinajstić information content (AvgIpc) is 3.04. The molecule has 1 aliphatic carbocycles. The number of aromatic nitrogens is 2. The number of hydrogen-bond donors (Lipinski definition) is 1. The zero-order valence-corrected chi connectivity index (χ0v) is 12.9. The Morgan fingerprint density at radius 3 is 2.81 bits per heavy atom. The highest BCUT2D eigenvalue weighted by Crippen LogP contribution is 2.37. The summed E-state index contributed by atoms with van der Waals surface area (Å²) in [6.45, 7) is 5.54. The maximum absolute atomic E-state index is 12.3. The molecule has 0 aliphatic heterocycles. The summed E-state index contributed by atoms with van der Waals surface area (Å²) in [6, 6.07) is 8.13. The van der Waals surface area contributed by atoms with Crippen molar-refractivity contribution in [3.05, 3.63) is 30.1 Å². The van der Waals surface area contributed by atoms with E-state index in [1.54, 1.807) is 0 Å². The van der Waals surface area contributed by atoms with Crippen LogP contribution in [0.4, 0.5) is 0 Å². The Labute approximate surface area is 125 Å². The number of para-hydroxylation sites is 2. The van der Waals surface area contributed by atoms with Gasteiger partial charge in [0.15, 0.2) is 0 Å². The third-order valence-electron chi connectivity index (χ3n) is 4.72. The van der Waals surface area contributed by atoms with Gasteiger partial charge in [-0.15, -0.1) is 0 Å². The minimum absolute atomic E-state index is 0.147. The van der Waals surface area contributed by atoms with E-state index in [1.807, 2.05) is 25.1 Å². The molecule has 0 bridgehead atoms. The van der Waals surface area contributed by atoms with E-state index in [0.29, 0.717) is 6.54 Å². The van der Waals surface area contributed by atoms with Crippen LogP contribution >= 0.6 is 0 Å². The zero-order valence-electron chi connectivity index (χ0n) is 12.9. The number of carbonyl (C=O) groups is 1. The van der Waals surface area contributed by atoms with E-state index in [0.717, 1.165) is 36.2 Å². The molecule has 4 heteroatoms. The molecule has 1 fully saturated rings. The van der Waals surface area contributed by atoms with Crippen molar-refractivity contribution in [2.45, 2.75) is 46.1 Å². The molecular weight excluding hydrogens is 262 g/mol. The lowest BCUT2D eigenvalue weighted by molar-refractivity contribution is -0.129. The van der Waals surface area contributed by atoms with Crippen molar-refractivity contribution in [3.63, 3.8) is 0 Å². The third kappa shape index (κ3) is 2.67. The molecule has 1 amide bonds. The molecule has 1 aromatic heterocycles. The van der Waals surface area contributed by atoms with E-state index in [9.17, 15) is 4.79 Å². The molecule has 4 nitrogen and oxygen atoms in total. The molecule has 1 aliphatic rings. The summed E-state index contributed by atoms with van der Waals surface area (Å²) in [6.07, 6.45) is 4.39. The van der Waals surface area contributed by atoms with Crippen molar-refractivity contribution in [2.75, 3.05) is 6.54 Å². The maximum Gasteiger partial charge on any atom is 0.225 e. The lowest BCUT2D eigenvalue weighted by Crippen LogP contribution is -2.38. The van der Waals surface area contributed by atoms with Crippen LogP contribution in [0.25, 0.3) is 11.0 Å². The molecule has 0 saturated heterocycles. The summed E-state index contributed by atoms with van der Waals surface area (Å²) in [5.41, 5.74) is 2.01. The number of nitrogens with zero attached hydrogens (tertiary/aromatic N) is 2. The van der Waals surface area contributed by atoms with Gasteiger partial charge in [-0.25, -0.2) is 4.98 Å². The number of fused-ring (bicyclic) bond motifs is 1. The van der Waals surface area contributed by atoms with Crippen molar-refractivity contribution < 1.29 is 4.79 Å². The molecule has 0 unspecified atom stereocenters. The summed E-state index contributed by atoms with van der Waals surface area (Å²) < 4.78 is 2.17. The number of aryl methyl sites for hydroxylation is 1. The SMILES string of the molecule is Cc1nc2ccccc2n1CCNC(=O)C1(C)CCCC1. The topological polar surface area (TPSA) is 46.9 Å². The maximum atomic E-state index is 12.3. The molecule has 112 valence electrons. The van der Waals surface area contributed by atoms with Crippen LogP contribution in [0.3, 0.4) is 0 Å². The Bertz CT molecular complexity index is 653. The van der Waals surface area contributed by atoms with Gasteiger partial charge in [-0.05, 0) is 31.9 Å². The molecule has 0 spiro atoms. The Morgan fingerprint density at radius 1 is 1.33 bits per heavy atom. The fourth-order valence-corrected chi connectivity index (χ4v) is 3.36. The Balaban J connectivity index is 1.64. The second-order valence-corrected chi connectivity index (χ2v) is 6.32. The highest BCUT2D eigenvalue weighted by molar-refractivity contribution is 5.82. The largest absolute Gasteiger partial charge is 0.354 e. The minimum Gasteiger partial charge on any atom is -0.354 e. The number of rotatable bonds is 4. The van der Waals surface area contributed by atoms with Crippen LogP contribution in [0, 0.1) is 12.3 Å². The minimum atomic E-state index is -0.147. The van der Waals surface area contributed by atoms with Crippen LogP contribution in [0.2, 0.25) is 0 Å². The van der Waals surface area contributed by atoms with Crippen LogP contribution in [0.5, 0.6) is 0 Å². The number of benzene rings is 1. The van der Waals surface area contributed by atoms with E-state index < -0.39 is 0 Å². The first-order valence-electron chi connectivity index (χ1n) is 7.80. The van der Waals surface area contributed by atoms with E-state index in [1.165, 1.54) is 12.8 Å². The van der Waals surface area contributed by atoms with Crippen molar-refractivity contribution in [2.24, 2.45) is 5.41 Å². The number of hydrogen-bond acceptors (Lipinski definition) is 2. The first-order chi connectivity index (χ1) is 10.1. The molecule has 1 aromatic carbocycles. The fraction of sp³-hybridized carbons (Fsp3) is 0.529. The summed E-state index contributed by atoms with van der Waals surface area (Å²) in [5, 5.41) is 3.11. The lowest BCUT2D eigenvalue weighted by atomic mass is 9.88. The Kier molecular flexibility index (Phi) is 3.70. The lowest BCUT2D eigenvalue weighted by Gasteiger charge is -2.22. The first-order valence-corrected chi connectivity index (χ1v) is 7.80. The van der Waals surface area contributed by atoms with Gasteiger partial charge in [0.25, 0.3) is 0 Å². The van der Waals surface area contributed by atoms with Gasteiger partial charge in [-0.2, -0.15) is 0 Å². The van der Waals surface area contributed by atoms with Crippen LogP contribution in [0.1, 0.15) is 38.4 Å². The molecule has 1 heterocycles. The van der Waals surface area contributed by atoms with Gasteiger partial charge < -0.3 is 9.88 Å². The molecule has 1 N–H and O–H groups in total. The molecule has 3 rings (SSSR count). The second kappa shape index (κ2) is 5.51. The number of amides is 1. The van der Waals surface area contributed by atoms with Crippen LogP contribution in [0.15, 0.2) is 24.3 Å². The van der Waals surface area contributed by atoms with Crippen molar-refractivity contribution in [1.82, 2.24) is 14.9 Å². The van der Waals surface area contributed by atoms with Gasteiger partial charge in [0, 0.05) is 18.5 Å². The number of imidazole rings is 1. The normalized spacial score (nSPS) is 17.2. The Hall–Kier alpha value is -1.84. The third-order valence-corrected chi connectivity index (χ3v) is 4.72. The molecular formula is C17H23N3O. The standard InChI is InChI=1S/C17H23N3O/c1-13-19-14-7-3-4-8-15(14)20(13)12-11-18-16(21)17(2)9-5-6-10-17/h3-4,7-8H,5-6,9-12H2,1-2H3,(H,18,21). The molecule has 1 saturated carbocycles. The summed E-state index contributed by atoms with van der Waals surface area (Å²) in [7, 11) is 0. The van der Waals surface area contributed by atoms with Crippen LogP contribution in [-0.2, 0) is 11.3 Å². The molecule has 0 radical (unpaired) electrons. The summed E-state index contributed by atoms with van der Waals surface area (Å²) >= 11 is 0. The van der Waals surface area contributed by atoms with Gasteiger partial charge in [0.1, 0.15) is 5.82 Å². The van der Waals surface area contributed by atoms with Gasteiger partial charge >= 0.3 is 0 Å². The quantitative estimate of drug-likeness (QED) is 0.938. The summed E-state index contributed by atoms with van der Waals surface area (Å²) in [4.78, 5) is 16.9. The van der Waals surface area contributed by atoms with Crippen molar-refractivity contribution in [1.29, 1.82) is 0 Å².